The summed E-state index contributed by atoms with van der Waals surface area (Å²) in [6.07, 6.45) is -2.44. The van der Waals surface area contributed by atoms with Gasteiger partial charge in [0.1, 0.15) is 0 Å². The molecule has 1 aliphatic heterocycles. The van der Waals surface area contributed by atoms with Crippen LogP contribution in [-0.4, -0.2) is 32.4 Å². The number of benzene rings is 2. The van der Waals surface area contributed by atoms with Crippen LogP contribution >= 0.6 is 11.3 Å². The number of halogens is 3. The lowest BCUT2D eigenvalue weighted by molar-refractivity contribution is -0.137. The molecule has 0 fully saturated rings. The number of fused-ring (bicyclic) bond motifs is 1. The second-order valence-corrected chi connectivity index (χ2v) is 9.53. The molecular weight excluding hydrogens is 465 g/mol. The Morgan fingerprint density at radius 1 is 1.19 bits per heavy atom. The Morgan fingerprint density at radius 3 is 2.59 bits per heavy atom. The molecule has 0 spiro atoms. The van der Waals surface area contributed by atoms with Crippen molar-refractivity contribution in [3.8, 4) is 0 Å². The van der Waals surface area contributed by atoms with E-state index < -0.39 is 21.8 Å². The molecule has 1 amide bonds. The number of hydrogen-bond donors (Lipinski definition) is 2. The minimum atomic E-state index is -4.42. The van der Waals surface area contributed by atoms with E-state index in [1.54, 1.807) is 11.4 Å². The SMILES string of the molecule is O=C(CNc1ccc(C(F)(F)F)cc1)N1CCc2cc(S(=O)(=O)Nc3nccs3)ccc21.[HH]. The largest absolute Gasteiger partial charge is 0.416 e. The highest BCUT2D eigenvalue weighted by atomic mass is 32.2. The van der Waals surface area contributed by atoms with Crippen molar-refractivity contribution < 1.29 is 27.8 Å². The van der Waals surface area contributed by atoms with E-state index in [0.29, 0.717) is 24.3 Å². The Labute approximate surface area is 187 Å². The number of alkyl halides is 3. The maximum Gasteiger partial charge on any atom is 0.416 e. The van der Waals surface area contributed by atoms with Crippen LogP contribution in [0.2, 0.25) is 0 Å². The van der Waals surface area contributed by atoms with Gasteiger partial charge in [-0.2, -0.15) is 13.2 Å². The van der Waals surface area contributed by atoms with Gasteiger partial charge >= 0.3 is 6.18 Å². The summed E-state index contributed by atoms with van der Waals surface area (Å²) < 4.78 is 65.5. The average Bonchev–Trinajstić information content (AvgIpc) is 3.40. The third-order valence-corrected chi connectivity index (χ3v) is 7.02. The summed E-state index contributed by atoms with van der Waals surface area (Å²) in [4.78, 5) is 18.2. The lowest BCUT2D eigenvalue weighted by Crippen LogP contribution is -2.34. The number of anilines is 3. The first-order valence-corrected chi connectivity index (χ1v) is 11.8. The fourth-order valence-corrected chi connectivity index (χ4v) is 5.14. The van der Waals surface area contributed by atoms with Gasteiger partial charge in [0.05, 0.1) is 17.0 Å². The first-order chi connectivity index (χ1) is 15.1. The molecule has 1 aromatic heterocycles. The number of amides is 1. The number of nitrogens with one attached hydrogen (secondary N) is 2. The molecule has 170 valence electrons. The van der Waals surface area contributed by atoms with E-state index in [9.17, 15) is 26.4 Å². The second kappa shape index (κ2) is 8.43. The molecule has 0 radical (unpaired) electrons. The minimum absolute atomic E-state index is 0. The van der Waals surface area contributed by atoms with Gasteiger partial charge in [-0.15, -0.1) is 11.3 Å². The highest BCUT2D eigenvalue weighted by Gasteiger charge is 2.30. The van der Waals surface area contributed by atoms with Gasteiger partial charge in [0, 0.05) is 30.9 Å². The molecule has 2 aromatic carbocycles. The summed E-state index contributed by atoms with van der Waals surface area (Å²) in [6.45, 7) is 0.267. The number of sulfonamides is 1. The van der Waals surface area contributed by atoms with Crippen molar-refractivity contribution >= 4 is 43.8 Å². The zero-order chi connectivity index (χ0) is 22.9. The highest BCUT2D eigenvalue weighted by molar-refractivity contribution is 7.93. The number of carbonyl (C=O) groups excluding carboxylic acids is 1. The topological polar surface area (TPSA) is 91.4 Å². The van der Waals surface area contributed by atoms with Crippen LogP contribution in [0, 0.1) is 0 Å². The highest BCUT2D eigenvalue weighted by Crippen LogP contribution is 2.32. The molecule has 4 rings (SSSR count). The first-order valence-electron chi connectivity index (χ1n) is 9.40. The molecule has 0 aliphatic carbocycles. The molecule has 0 unspecified atom stereocenters. The van der Waals surface area contributed by atoms with E-state index in [2.05, 4.69) is 15.0 Å². The molecule has 1 aliphatic rings. The predicted octanol–water partition coefficient (Wildman–Crippen LogP) is 4.21. The van der Waals surface area contributed by atoms with E-state index in [1.807, 2.05) is 0 Å². The lowest BCUT2D eigenvalue weighted by Gasteiger charge is -2.18. The third-order valence-electron chi connectivity index (χ3n) is 4.87. The summed E-state index contributed by atoms with van der Waals surface area (Å²) in [5.74, 6) is -0.278. The maximum absolute atomic E-state index is 12.6. The van der Waals surface area contributed by atoms with Gasteiger partial charge in [0.15, 0.2) is 5.13 Å². The molecule has 3 aromatic rings. The number of rotatable bonds is 6. The molecule has 32 heavy (non-hydrogen) atoms. The van der Waals surface area contributed by atoms with Gasteiger partial charge in [-0.3, -0.25) is 9.52 Å². The average molecular weight is 485 g/mol. The Balaban J connectivity index is 0.00000306. The molecule has 0 atom stereocenters. The van der Waals surface area contributed by atoms with Gasteiger partial charge in [-0.25, -0.2) is 13.4 Å². The van der Waals surface area contributed by atoms with Crippen molar-refractivity contribution in [1.29, 1.82) is 0 Å². The third kappa shape index (κ3) is 4.70. The van der Waals surface area contributed by atoms with Gasteiger partial charge in [-0.1, -0.05) is 0 Å². The van der Waals surface area contributed by atoms with Gasteiger partial charge in [-0.05, 0) is 54.4 Å². The molecule has 7 nitrogen and oxygen atoms in total. The summed E-state index contributed by atoms with van der Waals surface area (Å²) in [5.41, 5.74) is 0.950. The van der Waals surface area contributed by atoms with Gasteiger partial charge in [0.25, 0.3) is 10.0 Å². The standard InChI is InChI=1S/C20H17F3N4O3S2.H2/c21-20(22,23)14-1-3-15(4-2-14)25-12-18(28)27-9-7-13-11-16(5-6-17(13)27)32(29,30)26-19-24-8-10-31-19;/h1-6,8,10-11,25H,7,9,12H2,(H,24,26);1H. The number of hydrogen-bond acceptors (Lipinski definition) is 6. The fraction of sp³-hybridized carbons (Fsp3) is 0.200. The van der Waals surface area contributed by atoms with Gasteiger partial charge < -0.3 is 10.2 Å². The molecule has 2 heterocycles. The molecule has 0 saturated heterocycles. The molecular formula is C20H19F3N4O3S2. The number of nitrogens with zero attached hydrogens (tertiary/aromatic N) is 2. The van der Waals surface area contributed by atoms with E-state index >= 15 is 0 Å². The summed E-state index contributed by atoms with van der Waals surface area (Å²) >= 11 is 1.16. The van der Waals surface area contributed by atoms with Crippen molar-refractivity contribution in [3.05, 3.63) is 65.2 Å². The van der Waals surface area contributed by atoms with Crippen LogP contribution in [-0.2, 0) is 27.4 Å². The minimum Gasteiger partial charge on any atom is -0.376 e. The van der Waals surface area contributed by atoms with E-state index in [-0.39, 0.29) is 23.9 Å². The van der Waals surface area contributed by atoms with Crippen LogP contribution in [0.25, 0.3) is 0 Å². The number of aromatic nitrogens is 1. The van der Waals surface area contributed by atoms with Crippen LogP contribution in [0.3, 0.4) is 0 Å². The zero-order valence-electron chi connectivity index (χ0n) is 16.4. The van der Waals surface area contributed by atoms with E-state index in [1.165, 1.54) is 35.4 Å². The lowest BCUT2D eigenvalue weighted by atomic mass is 10.2. The van der Waals surface area contributed by atoms with E-state index in [4.69, 9.17) is 0 Å². The normalized spacial score (nSPS) is 13.7. The predicted molar refractivity (Wildman–Crippen MR) is 117 cm³/mol. The van der Waals surface area contributed by atoms with Crippen LogP contribution in [0.5, 0.6) is 0 Å². The Hall–Kier alpha value is -3.12. The summed E-state index contributed by atoms with van der Waals surface area (Å²) in [6, 6.07) is 8.95. The Kier molecular flexibility index (Phi) is 5.82. The van der Waals surface area contributed by atoms with Crippen LogP contribution in [0.15, 0.2) is 58.9 Å². The first kappa shape index (κ1) is 22.1. The van der Waals surface area contributed by atoms with Crippen LogP contribution < -0.4 is 14.9 Å². The molecule has 0 bridgehead atoms. The van der Waals surface area contributed by atoms with Crippen molar-refractivity contribution in [2.24, 2.45) is 0 Å². The monoisotopic (exact) mass is 484 g/mol. The number of thiazole rings is 1. The van der Waals surface area contributed by atoms with Crippen molar-refractivity contribution in [3.63, 3.8) is 0 Å². The van der Waals surface area contributed by atoms with Crippen LogP contribution in [0.4, 0.5) is 29.7 Å². The summed E-state index contributed by atoms with van der Waals surface area (Å²) in [5, 5.41) is 4.74. The van der Waals surface area contributed by atoms with Gasteiger partial charge in [0.2, 0.25) is 5.91 Å². The molecule has 12 heteroatoms. The maximum atomic E-state index is 12.6. The second-order valence-electron chi connectivity index (χ2n) is 6.96. The zero-order valence-corrected chi connectivity index (χ0v) is 18.0. The Bertz CT molecular complexity index is 1230. The summed E-state index contributed by atoms with van der Waals surface area (Å²) in [7, 11) is -3.80. The quantitative estimate of drug-likeness (QED) is 0.547. The molecule has 0 saturated carbocycles. The Morgan fingerprint density at radius 2 is 1.94 bits per heavy atom. The smallest absolute Gasteiger partial charge is 0.376 e. The number of carbonyl (C=O) groups is 1. The van der Waals surface area contributed by atoms with Crippen molar-refractivity contribution in [2.45, 2.75) is 17.5 Å². The van der Waals surface area contributed by atoms with E-state index in [0.717, 1.165) is 29.0 Å². The molecule has 2 N–H and O–H groups in total. The fourth-order valence-electron chi connectivity index (χ4n) is 3.30. The van der Waals surface area contributed by atoms with Crippen LogP contribution in [0.1, 0.15) is 12.6 Å². The van der Waals surface area contributed by atoms with Crippen molar-refractivity contribution in [1.82, 2.24) is 4.98 Å². The van der Waals surface area contributed by atoms with Crippen molar-refractivity contribution in [2.75, 3.05) is 28.0 Å².